The highest BCUT2D eigenvalue weighted by molar-refractivity contribution is 8.39. The van der Waals surface area contributed by atoms with Gasteiger partial charge in [0.05, 0.1) is 25.9 Å². The maximum atomic E-state index is 11.7. The topological polar surface area (TPSA) is 263 Å². The molecule has 260 valence electrons. The summed E-state index contributed by atoms with van der Waals surface area (Å²) in [5, 5.41) is 46.9. The number of aromatic nitrogens is 8. The van der Waals surface area contributed by atoms with E-state index in [-0.39, 0.29) is 0 Å². The van der Waals surface area contributed by atoms with Gasteiger partial charge in [-0.3, -0.25) is 18.3 Å². The van der Waals surface area contributed by atoms with E-state index in [4.69, 9.17) is 18.5 Å². The monoisotopic (exact) mass is 746 g/mol. The molecule has 0 bridgehead atoms. The van der Waals surface area contributed by atoms with Crippen molar-refractivity contribution < 1.29 is 48.1 Å². The highest BCUT2D eigenvalue weighted by atomic mass is 32.7. The molecule has 2 aliphatic heterocycles. The van der Waals surface area contributed by atoms with Crippen LogP contribution in [0.2, 0.25) is 0 Å². The molecule has 10 atom stereocenters. The van der Waals surface area contributed by atoms with Crippen molar-refractivity contribution >= 4 is 72.9 Å². The van der Waals surface area contributed by atoms with Gasteiger partial charge in [0.1, 0.15) is 49.3 Å². The number of hydrogen-bond donors (Lipinski definition) is 8. The lowest BCUT2D eigenvalue weighted by Gasteiger charge is -2.20. The van der Waals surface area contributed by atoms with Crippen molar-refractivity contribution in [2.45, 2.75) is 49.1 Å². The first-order valence-electron chi connectivity index (χ1n) is 14.4. The number of fused-ring (bicyclic) bond motifs is 2. The molecule has 2 fully saturated rings. The Bertz CT molecular complexity index is 1820. The van der Waals surface area contributed by atoms with Crippen LogP contribution in [-0.2, 0) is 27.7 Å². The Kier molecular flexibility index (Phi) is 11.3. The standard InChI is InChI=1S/C24H32N10O10P2S2/c35-5-11-15(37)18(44-46(40)48)24(41-11)34-10-32-14-20(28-8-30-22(14)34)26-4-2-1-3-25-19-13-21(29-7-27-19)33(9-31-13)23-16(38)17(43-45(39)47)12(6-36)42-23/h1-2,7-12,15-18,23-24,35-38,45-46H,3-6H2,(H,39,47)(H,40,48)(H,25,27,29)(H,26,28,30)/b2-1+/t11-,12-,15-,16-,17-,18?,23-,24?/m1/s1. The molecular weight excluding hydrogens is 714 g/mol. The van der Waals surface area contributed by atoms with Gasteiger partial charge in [0.15, 0.2) is 46.4 Å². The summed E-state index contributed by atoms with van der Waals surface area (Å²) in [5.74, 6) is 0.845. The maximum absolute atomic E-state index is 11.7. The van der Waals surface area contributed by atoms with Crippen LogP contribution in [0.1, 0.15) is 12.5 Å². The molecule has 0 aliphatic carbocycles. The molecule has 0 radical (unpaired) electrons. The third-order valence-corrected chi connectivity index (χ3v) is 9.24. The first-order valence-corrected chi connectivity index (χ1v) is 19.6. The molecule has 4 aromatic heterocycles. The van der Waals surface area contributed by atoms with Crippen LogP contribution < -0.4 is 10.6 Å². The second-order valence-electron chi connectivity index (χ2n) is 10.5. The van der Waals surface area contributed by atoms with E-state index in [1.807, 2.05) is 12.2 Å². The summed E-state index contributed by atoms with van der Waals surface area (Å²) in [5.41, 5.74) is 1.53. The van der Waals surface area contributed by atoms with E-state index in [9.17, 15) is 29.6 Å². The predicted molar refractivity (Wildman–Crippen MR) is 176 cm³/mol. The van der Waals surface area contributed by atoms with Crippen LogP contribution in [0.3, 0.4) is 0 Å². The second kappa shape index (κ2) is 15.4. The Morgan fingerprint density at radius 3 is 1.77 bits per heavy atom. The quantitative estimate of drug-likeness (QED) is 0.0478. The first-order chi connectivity index (χ1) is 23.2. The maximum Gasteiger partial charge on any atom is 0.243 e. The number of ether oxygens (including phenoxy) is 2. The Hall–Kier alpha value is -2.72. The average molecular weight is 747 g/mol. The zero-order valence-electron chi connectivity index (χ0n) is 24.6. The summed E-state index contributed by atoms with van der Waals surface area (Å²) in [6, 6.07) is 0. The minimum Gasteiger partial charge on any atom is -0.394 e. The van der Waals surface area contributed by atoms with E-state index >= 15 is 0 Å². The number of nitrogens with one attached hydrogen (secondary N) is 2. The lowest BCUT2D eigenvalue weighted by Crippen LogP contribution is -2.34. The van der Waals surface area contributed by atoms with E-state index in [1.165, 1.54) is 34.4 Å². The molecule has 4 unspecified atom stereocenters. The smallest absolute Gasteiger partial charge is 0.243 e. The fourth-order valence-electron chi connectivity index (χ4n) is 5.51. The SMILES string of the molecule is O=[PH](S)OC1C(n2cnc3c(NC/C=C/CNc4ncnc5c4ncn5[C@@H]4O[C@H](CO)[C@@H](O[PH](=O)S)[C@H]4O)ncnc32)O[C@H](CO)[C@H]1O. The van der Waals surface area contributed by atoms with Gasteiger partial charge in [0.25, 0.3) is 0 Å². The van der Waals surface area contributed by atoms with Gasteiger partial charge in [-0.2, -0.15) is 0 Å². The van der Waals surface area contributed by atoms with Crippen LogP contribution in [0.15, 0.2) is 37.5 Å². The molecule has 20 nitrogen and oxygen atoms in total. The van der Waals surface area contributed by atoms with Crippen molar-refractivity contribution in [3.8, 4) is 0 Å². The van der Waals surface area contributed by atoms with Crippen molar-refractivity contribution in [3.63, 3.8) is 0 Å². The van der Waals surface area contributed by atoms with Crippen LogP contribution in [0.25, 0.3) is 22.3 Å². The van der Waals surface area contributed by atoms with Gasteiger partial charge in [-0.25, -0.2) is 29.9 Å². The predicted octanol–water partition coefficient (Wildman–Crippen LogP) is -0.0432. The third kappa shape index (κ3) is 7.11. The Morgan fingerprint density at radius 1 is 0.750 bits per heavy atom. The zero-order valence-corrected chi connectivity index (χ0v) is 28.4. The number of anilines is 2. The highest BCUT2D eigenvalue weighted by Gasteiger charge is 2.47. The summed E-state index contributed by atoms with van der Waals surface area (Å²) in [7, 11) is -5.45. The van der Waals surface area contributed by atoms with Crippen molar-refractivity contribution in [2.24, 2.45) is 0 Å². The van der Waals surface area contributed by atoms with Crippen molar-refractivity contribution in [1.29, 1.82) is 0 Å². The lowest BCUT2D eigenvalue weighted by molar-refractivity contribution is -0.0502. The fraction of sp³-hybridized carbons (Fsp3) is 0.500. The van der Waals surface area contributed by atoms with Gasteiger partial charge < -0.3 is 49.6 Å². The Morgan fingerprint density at radius 2 is 1.25 bits per heavy atom. The zero-order chi connectivity index (χ0) is 33.9. The molecule has 6 N–H and O–H groups in total. The minimum atomic E-state index is -2.74. The largest absolute Gasteiger partial charge is 0.394 e. The van der Waals surface area contributed by atoms with Crippen molar-refractivity contribution in [1.82, 2.24) is 39.0 Å². The van der Waals surface area contributed by atoms with Gasteiger partial charge in [-0.1, -0.05) is 36.6 Å². The molecule has 2 saturated heterocycles. The number of hydrogen-bond acceptors (Lipinski definition) is 18. The molecule has 6 rings (SSSR count). The summed E-state index contributed by atoms with van der Waals surface area (Å²) in [6.07, 6.45) is 0.673. The van der Waals surface area contributed by atoms with Gasteiger partial charge in [-0.05, 0) is 0 Å². The van der Waals surface area contributed by atoms with Gasteiger partial charge in [0, 0.05) is 13.1 Å². The number of nitrogens with zero attached hydrogens (tertiary/aromatic N) is 8. The van der Waals surface area contributed by atoms with Gasteiger partial charge in [0.2, 0.25) is 14.5 Å². The Labute approximate surface area is 283 Å². The lowest BCUT2D eigenvalue weighted by atomic mass is 10.1. The van der Waals surface area contributed by atoms with Gasteiger partial charge >= 0.3 is 0 Å². The molecule has 48 heavy (non-hydrogen) atoms. The number of rotatable bonds is 14. The fourth-order valence-corrected chi connectivity index (χ4v) is 7.25. The molecule has 0 amide bonds. The summed E-state index contributed by atoms with van der Waals surface area (Å²) in [4.78, 5) is 25.8. The van der Waals surface area contributed by atoms with Crippen LogP contribution in [-0.4, -0.2) is 122 Å². The molecule has 0 aromatic carbocycles. The van der Waals surface area contributed by atoms with E-state index in [2.05, 4.69) is 65.0 Å². The number of thiol groups is 2. The van der Waals surface area contributed by atoms with E-state index in [0.29, 0.717) is 47.1 Å². The van der Waals surface area contributed by atoms with Crippen LogP contribution in [0.5, 0.6) is 0 Å². The average Bonchev–Trinajstić information content (AvgIpc) is 3.83. The van der Waals surface area contributed by atoms with Crippen LogP contribution in [0.4, 0.5) is 11.6 Å². The van der Waals surface area contributed by atoms with Gasteiger partial charge in [-0.15, -0.1) is 0 Å². The second-order valence-corrected chi connectivity index (χ2v) is 14.2. The molecule has 4 aromatic rings. The van der Waals surface area contributed by atoms with Crippen molar-refractivity contribution in [2.75, 3.05) is 36.9 Å². The van der Waals surface area contributed by atoms with E-state index < -0.39 is 76.8 Å². The summed E-state index contributed by atoms with van der Waals surface area (Å²) < 4.78 is 48.3. The van der Waals surface area contributed by atoms with E-state index in [0.717, 1.165) is 0 Å². The summed E-state index contributed by atoms with van der Waals surface area (Å²) in [6.45, 7) is -0.224. The molecule has 24 heteroatoms. The highest BCUT2D eigenvalue weighted by Crippen LogP contribution is 2.42. The van der Waals surface area contributed by atoms with Crippen LogP contribution >= 0.6 is 39.0 Å². The molecule has 6 heterocycles. The molecule has 0 saturated carbocycles. The first kappa shape index (κ1) is 35.1. The Balaban J connectivity index is 1.08. The number of aliphatic hydroxyl groups is 4. The minimum absolute atomic E-state index is 0.354. The number of aliphatic hydroxyl groups excluding tert-OH is 4. The molecule has 0 spiro atoms. The molecule has 2 aliphatic rings. The number of imidazole rings is 2. The van der Waals surface area contributed by atoms with Crippen molar-refractivity contribution in [3.05, 3.63) is 37.5 Å². The molecular formula is C24H32N10O10P2S2. The van der Waals surface area contributed by atoms with Crippen LogP contribution in [0, 0.1) is 0 Å². The summed E-state index contributed by atoms with van der Waals surface area (Å²) >= 11 is 7.59. The normalized spacial score (nSPS) is 28.9. The third-order valence-electron chi connectivity index (χ3n) is 7.66. The van der Waals surface area contributed by atoms with E-state index in [1.54, 1.807) is 0 Å².